The van der Waals surface area contributed by atoms with Crippen molar-refractivity contribution in [1.82, 2.24) is 9.88 Å². The summed E-state index contributed by atoms with van der Waals surface area (Å²) in [5.41, 5.74) is 6.91. The zero-order valence-electron chi connectivity index (χ0n) is 21.2. The van der Waals surface area contributed by atoms with Gasteiger partial charge in [0.15, 0.2) is 0 Å². The van der Waals surface area contributed by atoms with Gasteiger partial charge >= 0.3 is 0 Å². The number of hydrogen-bond donors (Lipinski definition) is 3. The molecule has 0 unspecified atom stereocenters. The molecule has 0 atom stereocenters. The van der Waals surface area contributed by atoms with Gasteiger partial charge in [0.1, 0.15) is 16.6 Å². The number of nitrogens with zero attached hydrogens (tertiary/aromatic N) is 2. The molecule has 37 heavy (non-hydrogen) atoms. The van der Waals surface area contributed by atoms with Gasteiger partial charge in [-0.2, -0.15) is 0 Å². The summed E-state index contributed by atoms with van der Waals surface area (Å²) in [6, 6.07) is 11.7. The van der Waals surface area contributed by atoms with Gasteiger partial charge in [0.25, 0.3) is 5.91 Å². The molecule has 3 heterocycles. The van der Waals surface area contributed by atoms with Crippen molar-refractivity contribution in [1.29, 1.82) is 0 Å². The van der Waals surface area contributed by atoms with Crippen molar-refractivity contribution >= 4 is 28.1 Å². The number of nitrogens with two attached hydrogens (primary N) is 1. The van der Waals surface area contributed by atoms with Gasteiger partial charge in [-0.05, 0) is 61.9 Å². The first-order chi connectivity index (χ1) is 17.6. The molecule has 1 spiro atoms. The molecule has 3 aromatic rings. The molecule has 7 nitrogen and oxygen atoms in total. The average Bonchev–Trinajstić information content (AvgIpc) is 3.20. The number of nitrogens with one attached hydrogen (secondary N) is 1. The van der Waals surface area contributed by atoms with Gasteiger partial charge in [-0.25, -0.2) is 9.37 Å². The van der Waals surface area contributed by atoms with Gasteiger partial charge < -0.3 is 20.9 Å². The molecule has 9 heteroatoms. The Morgan fingerprint density at radius 2 is 2.05 bits per heavy atom. The van der Waals surface area contributed by atoms with E-state index in [1.165, 1.54) is 49.8 Å². The van der Waals surface area contributed by atoms with E-state index in [9.17, 15) is 14.3 Å². The number of primary amides is 1. The normalized spacial score (nSPS) is 16.9. The molecular weight excluding hydrogens is 491 g/mol. The number of anilines is 2. The first kappa shape index (κ1) is 25.8. The number of ether oxygens (including phenoxy) is 1. The highest BCUT2D eigenvalue weighted by Gasteiger charge is 2.46. The molecule has 2 aromatic heterocycles. The van der Waals surface area contributed by atoms with Crippen LogP contribution in [0.25, 0.3) is 10.4 Å². The molecule has 1 saturated heterocycles. The summed E-state index contributed by atoms with van der Waals surface area (Å²) in [7, 11) is 0. The summed E-state index contributed by atoms with van der Waals surface area (Å²) >= 11 is 1.22. The number of aliphatic hydroxyl groups is 1. The van der Waals surface area contributed by atoms with Crippen LogP contribution >= 0.6 is 11.3 Å². The molecule has 1 aliphatic heterocycles. The minimum atomic E-state index is -1.16. The number of pyridine rings is 1. The van der Waals surface area contributed by atoms with Gasteiger partial charge in [0, 0.05) is 30.1 Å². The van der Waals surface area contributed by atoms with Crippen LogP contribution in [0.15, 0.2) is 42.5 Å². The maximum Gasteiger partial charge on any atom is 0.251 e. The van der Waals surface area contributed by atoms with Crippen molar-refractivity contribution in [2.75, 3.05) is 31.6 Å². The summed E-state index contributed by atoms with van der Waals surface area (Å²) in [5.74, 6) is -0.556. The van der Waals surface area contributed by atoms with Gasteiger partial charge in [-0.15, -0.1) is 11.3 Å². The quantitative estimate of drug-likeness (QED) is 0.322. The van der Waals surface area contributed by atoms with Crippen molar-refractivity contribution in [2.24, 2.45) is 11.1 Å². The molecule has 1 amide bonds. The number of likely N-dealkylation sites (tertiary alicyclic amines) is 1. The van der Waals surface area contributed by atoms with Crippen LogP contribution in [-0.2, 0) is 16.9 Å². The highest BCUT2D eigenvalue weighted by molar-refractivity contribution is 7.19. The predicted octanol–water partition coefficient (Wildman–Crippen LogP) is 5.02. The molecule has 196 valence electrons. The molecule has 2 fully saturated rings. The fourth-order valence-electron chi connectivity index (χ4n) is 5.06. The van der Waals surface area contributed by atoms with E-state index < -0.39 is 17.3 Å². The lowest BCUT2D eigenvalue weighted by Crippen LogP contribution is -2.60. The third kappa shape index (κ3) is 5.70. The molecule has 0 bridgehead atoms. The largest absolute Gasteiger partial charge is 0.386 e. The molecule has 2 aliphatic rings. The number of carbonyl (C=O) groups excluding carboxylic acids is 1. The highest BCUT2D eigenvalue weighted by Crippen LogP contribution is 2.47. The number of amides is 1. The Bertz CT molecular complexity index is 1290. The lowest BCUT2D eigenvalue weighted by Gasteiger charge is -2.56. The number of hydrogen-bond acceptors (Lipinski definition) is 7. The number of benzene rings is 1. The predicted molar refractivity (Wildman–Crippen MR) is 143 cm³/mol. The van der Waals surface area contributed by atoms with Crippen LogP contribution in [0.1, 0.15) is 54.7 Å². The minimum absolute atomic E-state index is 0.258. The maximum atomic E-state index is 14.9. The molecule has 5 rings (SSSR count). The van der Waals surface area contributed by atoms with Gasteiger partial charge in [-0.3, -0.25) is 9.69 Å². The number of halogens is 1. The van der Waals surface area contributed by atoms with E-state index in [-0.39, 0.29) is 5.56 Å². The molecule has 4 N–H and O–H groups in total. The third-order valence-electron chi connectivity index (χ3n) is 7.32. The van der Waals surface area contributed by atoms with Crippen molar-refractivity contribution in [3.05, 3.63) is 65.1 Å². The second kappa shape index (κ2) is 10.1. The molecular formula is C28H33FN4O3S. The van der Waals surface area contributed by atoms with Crippen molar-refractivity contribution in [3.8, 4) is 10.4 Å². The minimum Gasteiger partial charge on any atom is -0.386 e. The second-order valence-corrected chi connectivity index (χ2v) is 11.8. The van der Waals surface area contributed by atoms with Gasteiger partial charge in [-0.1, -0.05) is 24.6 Å². The smallest absolute Gasteiger partial charge is 0.251 e. The molecule has 0 radical (unpaired) electrons. The van der Waals surface area contributed by atoms with Gasteiger partial charge in [0.05, 0.1) is 30.1 Å². The second-order valence-electron chi connectivity index (χ2n) is 10.7. The highest BCUT2D eigenvalue weighted by atomic mass is 32.1. The van der Waals surface area contributed by atoms with Crippen molar-refractivity contribution in [2.45, 2.75) is 45.3 Å². The summed E-state index contributed by atoms with van der Waals surface area (Å²) in [6.45, 7) is 7.59. The number of thiophene rings is 1. The molecule has 1 aromatic carbocycles. The van der Waals surface area contributed by atoms with E-state index in [1.54, 1.807) is 38.1 Å². The van der Waals surface area contributed by atoms with E-state index >= 15 is 0 Å². The van der Waals surface area contributed by atoms with Gasteiger partial charge in [0.2, 0.25) is 0 Å². The van der Waals surface area contributed by atoms with E-state index in [0.717, 1.165) is 12.2 Å². The Kier molecular flexibility index (Phi) is 7.06. The van der Waals surface area contributed by atoms with Crippen LogP contribution in [0.2, 0.25) is 0 Å². The van der Waals surface area contributed by atoms with Crippen LogP contribution in [0.4, 0.5) is 15.2 Å². The Morgan fingerprint density at radius 3 is 2.70 bits per heavy atom. The molecule has 1 aliphatic carbocycles. The first-order valence-electron chi connectivity index (χ1n) is 12.6. The standard InChI is InChI=1S/C28H33FN4O3S/c1-27(2,35)18-7-8-20(22(29)13-18)23-14-21(25(30)34)26(37-23)32-24-6-3-5-19(31-24)15-36-12-11-33-16-28(17-33)9-4-10-28/h3,5-8,13-14,35H,4,9-12,15-17H2,1-2H3,(H2,30,34)(H,31,32). The van der Waals surface area contributed by atoms with E-state index in [0.29, 0.717) is 45.5 Å². The van der Waals surface area contributed by atoms with E-state index in [2.05, 4.69) is 15.2 Å². The number of rotatable bonds is 10. The number of aromatic nitrogens is 1. The fraction of sp³-hybridized carbons (Fsp3) is 0.429. The maximum absolute atomic E-state index is 14.9. The monoisotopic (exact) mass is 524 g/mol. The summed E-state index contributed by atoms with van der Waals surface area (Å²) in [5, 5.41) is 13.8. The Balaban J connectivity index is 1.23. The van der Waals surface area contributed by atoms with E-state index in [4.69, 9.17) is 10.5 Å². The van der Waals surface area contributed by atoms with Crippen molar-refractivity contribution in [3.63, 3.8) is 0 Å². The lowest BCUT2D eigenvalue weighted by molar-refractivity contribution is -0.0707. The zero-order valence-corrected chi connectivity index (χ0v) is 22.0. The van der Waals surface area contributed by atoms with Crippen LogP contribution in [0, 0.1) is 11.2 Å². The van der Waals surface area contributed by atoms with Crippen LogP contribution in [0.5, 0.6) is 0 Å². The molecule has 1 saturated carbocycles. The Labute approximate surface area is 220 Å². The average molecular weight is 525 g/mol. The number of carbonyl (C=O) groups is 1. The van der Waals surface area contributed by atoms with Crippen LogP contribution < -0.4 is 11.1 Å². The van der Waals surface area contributed by atoms with E-state index in [1.807, 2.05) is 12.1 Å². The Hall–Kier alpha value is -2.85. The van der Waals surface area contributed by atoms with Crippen molar-refractivity contribution < 1.29 is 19.0 Å². The lowest BCUT2D eigenvalue weighted by atomic mass is 9.63. The fourth-order valence-corrected chi connectivity index (χ4v) is 6.16. The first-order valence-corrected chi connectivity index (χ1v) is 13.4. The zero-order chi connectivity index (χ0) is 26.2. The summed E-state index contributed by atoms with van der Waals surface area (Å²) in [6.07, 6.45) is 4.13. The van der Waals surface area contributed by atoms with Crippen LogP contribution in [0.3, 0.4) is 0 Å². The SMILES string of the molecule is CC(C)(O)c1ccc(-c2cc(C(N)=O)c(Nc3cccc(COCCN4CC5(CCC5)C4)n3)s2)c(F)c1. The summed E-state index contributed by atoms with van der Waals surface area (Å²) < 4.78 is 20.8. The third-order valence-corrected chi connectivity index (χ3v) is 8.40. The topological polar surface area (TPSA) is 101 Å². The Morgan fingerprint density at radius 1 is 1.27 bits per heavy atom. The summed E-state index contributed by atoms with van der Waals surface area (Å²) in [4.78, 5) is 19.7. The van der Waals surface area contributed by atoms with Crippen LogP contribution in [-0.4, -0.2) is 47.1 Å².